The number of pyridine rings is 1. The number of likely N-dealkylation sites (tertiary alicyclic amines) is 1. The summed E-state index contributed by atoms with van der Waals surface area (Å²) in [5, 5.41) is 0. The van der Waals surface area contributed by atoms with Gasteiger partial charge in [-0.2, -0.15) is 0 Å². The first-order valence-electron chi connectivity index (χ1n) is 5.80. The smallest absolute Gasteiger partial charge is 0.148 e. The minimum atomic E-state index is -0.314. The SMILES string of the molecule is CC(c1ncc(N)cc1F)N1CC(N(C)C)C1. The van der Waals surface area contributed by atoms with Crippen LogP contribution in [0.3, 0.4) is 0 Å². The molecule has 1 aliphatic rings. The molecule has 1 aromatic rings. The van der Waals surface area contributed by atoms with Gasteiger partial charge in [-0.1, -0.05) is 0 Å². The van der Waals surface area contributed by atoms with Crippen molar-refractivity contribution >= 4 is 5.69 Å². The monoisotopic (exact) mass is 238 g/mol. The molecule has 1 saturated heterocycles. The first kappa shape index (κ1) is 12.3. The third-order valence-electron chi connectivity index (χ3n) is 3.46. The lowest BCUT2D eigenvalue weighted by Gasteiger charge is -2.45. The molecule has 4 nitrogen and oxygen atoms in total. The minimum absolute atomic E-state index is 0.00630. The number of hydrogen-bond donors (Lipinski definition) is 1. The van der Waals surface area contributed by atoms with Crippen LogP contribution in [0.4, 0.5) is 10.1 Å². The largest absolute Gasteiger partial charge is 0.397 e. The topological polar surface area (TPSA) is 45.4 Å². The average molecular weight is 238 g/mol. The number of hydrogen-bond acceptors (Lipinski definition) is 4. The van der Waals surface area contributed by atoms with Gasteiger partial charge in [0.05, 0.1) is 23.6 Å². The van der Waals surface area contributed by atoms with E-state index in [2.05, 4.69) is 28.9 Å². The number of nitrogens with zero attached hydrogens (tertiary/aromatic N) is 3. The molecule has 0 amide bonds. The van der Waals surface area contributed by atoms with E-state index < -0.39 is 0 Å². The van der Waals surface area contributed by atoms with Crippen LogP contribution >= 0.6 is 0 Å². The van der Waals surface area contributed by atoms with Crippen LogP contribution in [0.5, 0.6) is 0 Å². The Balaban J connectivity index is 2.04. The zero-order valence-electron chi connectivity index (χ0n) is 10.5. The second-order valence-corrected chi connectivity index (χ2v) is 4.88. The molecular weight excluding hydrogens is 219 g/mol. The second-order valence-electron chi connectivity index (χ2n) is 4.88. The fraction of sp³-hybridized carbons (Fsp3) is 0.583. The van der Waals surface area contributed by atoms with Crippen LogP contribution in [-0.2, 0) is 0 Å². The van der Waals surface area contributed by atoms with E-state index in [1.165, 1.54) is 12.3 Å². The van der Waals surface area contributed by atoms with E-state index in [0.29, 0.717) is 17.4 Å². The quantitative estimate of drug-likeness (QED) is 0.857. The molecule has 0 radical (unpaired) electrons. The molecule has 0 aromatic carbocycles. The van der Waals surface area contributed by atoms with Crippen molar-refractivity contribution in [3.63, 3.8) is 0 Å². The number of rotatable bonds is 3. The van der Waals surface area contributed by atoms with Crippen molar-refractivity contribution in [3.05, 3.63) is 23.8 Å². The lowest BCUT2D eigenvalue weighted by atomic mass is 10.0. The highest BCUT2D eigenvalue weighted by Gasteiger charge is 2.33. The molecule has 1 aromatic heterocycles. The summed E-state index contributed by atoms with van der Waals surface area (Å²) < 4.78 is 13.7. The van der Waals surface area contributed by atoms with Gasteiger partial charge in [0.15, 0.2) is 0 Å². The van der Waals surface area contributed by atoms with Crippen molar-refractivity contribution < 1.29 is 4.39 Å². The maximum Gasteiger partial charge on any atom is 0.148 e. The van der Waals surface area contributed by atoms with Crippen molar-refractivity contribution in [1.29, 1.82) is 0 Å². The average Bonchev–Trinajstić information content (AvgIpc) is 2.13. The van der Waals surface area contributed by atoms with Gasteiger partial charge in [0.1, 0.15) is 5.82 Å². The molecule has 2 rings (SSSR count). The highest BCUT2D eigenvalue weighted by atomic mass is 19.1. The third-order valence-corrected chi connectivity index (χ3v) is 3.46. The lowest BCUT2D eigenvalue weighted by Crippen LogP contribution is -2.57. The molecule has 1 fully saturated rings. The van der Waals surface area contributed by atoms with Gasteiger partial charge in [0.2, 0.25) is 0 Å². The summed E-state index contributed by atoms with van der Waals surface area (Å²) in [7, 11) is 4.13. The Kier molecular flexibility index (Phi) is 3.31. The van der Waals surface area contributed by atoms with Gasteiger partial charge in [-0.3, -0.25) is 9.88 Å². The van der Waals surface area contributed by atoms with Crippen molar-refractivity contribution in [3.8, 4) is 0 Å². The summed E-state index contributed by atoms with van der Waals surface area (Å²) in [4.78, 5) is 8.50. The minimum Gasteiger partial charge on any atom is -0.397 e. The molecular formula is C12H19FN4. The highest BCUT2D eigenvalue weighted by Crippen LogP contribution is 2.27. The van der Waals surface area contributed by atoms with E-state index in [1.54, 1.807) is 0 Å². The number of likely N-dealkylation sites (N-methyl/N-ethyl adjacent to an activating group) is 1. The summed E-state index contributed by atoms with van der Waals surface area (Å²) >= 11 is 0. The van der Waals surface area contributed by atoms with Crippen molar-refractivity contribution in [1.82, 2.24) is 14.8 Å². The molecule has 1 atom stereocenters. The van der Waals surface area contributed by atoms with E-state index in [1.807, 2.05) is 6.92 Å². The van der Waals surface area contributed by atoms with Crippen LogP contribution in [0.2, 0.25) is 0 Å². The molecule has 2 N–H and O–H groups in total. The Morgan fingerprint density at radius 1 is 1.53 bits per heavy atom. The number of nitrogen functional groups attached to an aromatic ring is 1. The maximum absolute atomic E-state index is 13.7. The second kappa shape index (κ2) is 4.58. The standard InChI is InChI=1S/C12H19FN4/c1-8(17-6-10(7-17)16(2)3)12-11(13)4-9(14)5-15-12/h4-5,8,10H,6-7,14H2,1-3H3. The van der Waals surface area contributed by atoms with Gasteiger partial charge < -0.3 is 10.6 Å². The van der Waals surface area contributed by atoms with Gasteiger partial charge in [-0.15, -0.1) is 0 Å². The zero-order chi connectivity index (χ0) is 12.6. The first-order valence-corrected chi connectivity index (χ1v) is 5.80. The number of anilines is 1. The fourth-order valence-electron chi connectivity index (χ4n) is 2.07. The molecule has 0 saturated carbocycles. The van der Waals surface area contributed by atoms with Crippen molar-refractivity contribution in [2.24, 2.45) is 0 Å². The van der Waals surface area contributed by atoms with Gasteiger partial charge in [0.25, 0.3) is 0 Å². The Morgan fingerprint density at radius 3 is 2.71 bits per heavy atom. The predicted octanol–water partition coefficient (Wildman–Crippen LogP) is 1.11. The molecule has 1 unspecified atom stereocenters. The van der Waals surface area contributed by atoms with Crippen LogP contribution in [-0.4, -0.2) is 48.0 Å². The van der Waals surface area contributed by atoms with Crippen LogP contribution < -0.4 is 5.73 Å². The van der Waals surface area contributed by atoms with Crippen molar-refractivity contribution in [2.45, 2.75) is 19.0 Å². The summed E-state index contributed by atoms with van der Waals surface area (Å²) in [6.45, 7) is 3.90. The lowest BCUT2D eigenvalue weighted by molar-refractivity contribution is 0.0300. The highest BCUT2D eigenvalue weighted by molar-refractivity contribution is 5.36. The maximum atomic E-state index is 13.7. The molecule has 5 heteroatoms. The van der Waals surface area contributed by atoms with Crippen molar-refractivity contribution in [2.75, 3.05) is 32.9 Å². The van der Waals surface area contributed by atoms with Gasteiger partial charge in [-0.05, 0) is 21.0 Å². The molecule has 0 bridgehead atoms. The Bertz CT molecular complexity index is 401. The van der Waals surface area contributed by atoms with Gasteiger partial charge in [-0.25, -0.2) is 4.39 Å². The van der Waals surface area contributed by atoms with Crippen LogP contribution in [0, 0.1) is 5.82 Å². The fourth-order valence-corrected chi connectivity index (χ4v) is 2.07. The van der Waals surface area contributed by atoms with E-state index in [0.717, 1.165) is 13.1 Å². The van der Waals surface area contributed by atoms with E-state index in [4.69, 9.17) is 5.73 Å². The Labute approximate surface area is 101 Å². The number of halogens is 1. The van der Waals surface area contributed by atoms with Crippen LogP contribution in [0.25, 0.3) is 0 Å². The van der Waals surface area contributed by atoms with Gasteiger partial charge in [0, 0.05) is 25.2 Å². The summed E-state index contributed by atoms with van der Waals surface area (Å²) in [5.74, 6) is -0.314. The van der Waals surface area contributed by atoms with E-state index in [-0.39, 0.29) is 11.9 Å². The molecule has 2 heterocycles. The van der Waals surface area contributed by atoms with Gasteiger partial charge >= 0.3 is 0 Å². The number of nitrogens with two attached hydrogens (primary N) is 1. The number of aromatic nitrogens is 1. The molecule has 17 heavy (non-hydrogen) atoms. The van der Waals surface area contributed by atoms with E-state index >= 15 is 0 Å². The molecule has 94 valence electrons. The molecule has 0 spiro atoms. The predicted molar refractivity (Wildman–Crippen MR) is 66.1 cm³/mol. The Morgan fingerprint density at radius 2 is 2.18 bits per heavy atom. The normalized spacial score (nSPS) is 19.4. The summed E-state index contributed by atoms with van der Waals surface area (Å²) in [5.41, 5.74) is 6.34. The third kappa shape index (κ3) is 2.40. The zero-order valence-corrected chi connectivity index (χ0v) is 10.5. The summed E-state index contributed by atoms with van der Waals surface area (Å²) in [6, 6.07) is 1.91. The van der Waals surface area contributed by atoms with Crippen LogP contribution in [0.1, 0.15) is 18.7 Å². The Hall–Kier alpha value is -1.20. The van der Waals surface area contributed by atoms with Crippen LogP contribution in [0.15, 0.2) is 12.3 Å². The summed E-state index contributed by atoms with van der Waals surface area (Å²) in [6.07, 6.45) is 1.51. The van der Waals surface area contributed by atoms with E-state index in [9.17, 15) is 4.39 Å². The molecule has 0 aliphatic carbocycles. The first-order chi connectivity index (χ1) is 7.99. The molecule has 1 aliphatic heterocycles.